The summed E-state index contributed by atoms with van der Waals surface area (Å²) in [6.07, 6.45) is -2.99. The van der Waals surface area contributed by atoms with Gasteiger partial charge in [-0.1, -0.05) is 36.0 Å². The van der Waals surface area contributed by atoms with Crippen molar-refractivity contribution in [1.29, 1.82) is 0 Å². The van der Waals surface area contributed by atoms with Crippen LogP contribution in [0.1, 0.15) is 36.0 Å². The van der Waals surface area contributed by atoms with Crippen molar-refractivity contribution < 1.29 is 18.0 Å². The maximum Gasteiger partial charge on any atom is 0.392 e. The third-order valence-electron chi connectivity index (χ3n) is 3.72. The van der Waals surface area contributed by atoms with E-state index in [0.717, 1.165) is 0 Å². The van der Waals surface area contributed by atoms with Gasteiger partial charge in [0.2, 0.25) is 0 Å². The first kappa shape index (κ1) is 15.6. The summed E-state index contributed by atoms with van der Waals surface area (Å²) in [6.45, 7) is 0. The van der Waals surface area contributed by atoms with Gasteiger partial charge >= 0.3 is 6.18 Å². The Kier molecular flexibility index (Phi) is 4.65. The highest BCUT2D eigenvalue weighted by atomic mass is 35.5. The molecule has 110 valence electrons. The Morgan fingerprint density at radius 1 is 1.15 bits per heavy atom. The van der Waals surface area contributed by atoms with Gasteiger partial charge in [-0.3, -0.25) is 4.79 Å². The number of hydrogen-bond donors (Lipinski definition) is 0. The summed E-state index contributed by atoms with van der Waals surface area (Å²) < 4.78 is 39.1. The van der Waals surface area contributed by atoms with Crippen molar-refractivity contribution >= 4 is 29.0 Å². The zero-order valence-electron chi connectivity index (χ0n) is 10.5. The van der Waals surface area contributed by atoms with E-state index in [1.807, 2.05) is 0 Å². The summed E-state index contributed by atoms with van der Waals surface area (Å²) >= 11 is 11.7. The fraction of sp³-hybridized carbons (Fsp3) is 0.500. The second-order valence-corrected chi connectivity index (χ2v) is 5.87. The summed E-state index contributed by atoms with van der Waals surface area (Å²) in [5, 5.41) is 0.433. The molecule has 0 N–H and O–H groups in total. The molecule has 0 radical (unpaired) electrons. The number of Topliss-reactive ketones (excluding diaryl/α,β-unsaturated/α-hetero) is 1. The molecule has 1 aliphatic carbocycles. The van der Waals surface area contributed by atoms with Crippen LogP contribution in [-0.4, -0.2) is 12.0 Å². The van der Waals surface area contributed by atoms with Crippen LogP contribution in [0.15, 0.2) is 18.2 Å². The van der Waals surface area contributed by atoms with Crippen molar-refractivity contribution in [3.8, 4) is 0 Å². The minimum absolute atomic E-state index is 0.00189. The second kappa shape index (κ2) is 5.94. The number of hydrogen-bond acceptors (Lipinski definition) is 1. The Balaban J connectivity index is 2.32. The lowest BCUT2D eigenvalue weighted by atomic mass is 9.75. The fourth-order valence-electron chi connectivity index (χ4n) is 2.72. The van der Waals surface area contributed by atoms with E-state index in [1.165, 1.54) is 18.2 Å². The molecule has 6 heteroatoms. The molecular weight excluding hydrogens is 312 g/mol. The standard InChI is InChI=1S/C14H13Cl2F3O/c15-8-5-6-12(16)10(7-8)13(20)9-3-1-2-4-11(9)14(17,18)19/h5-7,9,11H,1-4H2. The Bertz CT molecular complexity index is 514. The molecule has 0 amide bonds. The molecule has 1 aromatic rings. The monoisotopic (exact) mass is 324 g/mol. The van der Waals surface area contributed by atoms with E-state index in [9.17, 15) is 18.0 Å². The molecular formula is C14H13Cl2F3O. The Labute approximate surface area is 125 Å². The van der Waals surface area contributed by atoms with Crippen molar-refractivity contribution in [2.45, 2.75) is 31.9 Å². The van der Waals surface area contributed by atoms with E-state index in [2.05, 4.69) is 0 Å². The second-order valence-electron chi connectivity index (χ2n) is 5.03. The van der Waals surface area contributed by atoms with E-state index in [4.69, 9.17) is 23.2 Å². The van der Waals surface area contributed by atoms with E-state index >= 15 is 0 Å². The maximum atomic E-state index is 13.0. The minimum atomic E-state index is -4.36. The SMILES string of the molecule is O=C(c1cc(Cl)ccc1Cl)C1CCCCC1C(F)(F)F. The van der Waals surface area contributed by atoms with Gasteiger partial charge in [-0.15, -0.1) is 0 Å². The third-order valence-corrected chi connectivity index (χ3v) is 4.28. The van der Waals surface area contributed by atoms with Crippen LogP contribution in [0.5, 0.6) is 0 Å². The fourth-order valence-corrected chi connectivity index (χ4v) is 3.11. The van der Waals surface area contributed by atoms with Crippen molar-refractivity contribution in [2.75, 3.05) is 0 Å². The Hall–Kier alpha value is -0.740. The summed E-state index contributed by atoms with van der Waals surface area (Å²) in [6, 6.07) is 4.28. The van der Waals surface area contributed by atoms with Gasteiger partial charge in [0, 0.05) is 16.5 Å². The van der Waals surface area contributed by atoms with Crippen LogP contribution in [0.3, 0.4) is 0 Å². The van der Waals surface area contributed by atoms with E-state index in [1.54, 1.807) is 0 Å². The van der Waals surface area contributed by atoms with Gasteiger partial charge in [0.1, 0.15) is 0 Å². The van der Waals surface area contributed by atoms with Crippen LogP contribution in [0.25, 0.3) is 0 Å². The zero-order valence-corrected chi connectivity index (χ0v) is 12.0. The predicted octanol–water partition coefficient (Wildman–Crippen LogP) is 5.54. The molecule has 0 aromatic heterocycles. The van der Waals surface area contributed by atoms with Crippen molar-refractivity contribution in [3.05, 3.63) is 33.8 Å². The summed E-state index contributed by atoms with van der Waals surface area (Å²) in [5.74, 6) is -3.20. The zero-order chi connectivity index (χ0) is 14.9. The number of rotatable bonds is 2. The van der Waals surface area contributed by atoms with Crippen LogP contribution in [0.4, 0.5) is 13.2 Å². The lowest BCUT2D eigenvalue weighted by molar-refractivity contribution is -0.190. The van der Waals surface area contributed by atoms with Gasteiger partial charge < -0.3 is 0 Å². The molecule has 0 spiro atoms. The first-order chi connectivity index (χ1) is 9.30. The molecule has 2 rings (SSSR count). The first-order valence-electron chi connectivity index (χ1n) is 6.36. The predicted molar refractivity (Wildman–Crippen MR) is 72.3 cm³/mol. The Morgan fingerprint density at radius 3 is 2.45 bits per heavy atom. The molecule has 1 aromatic carbocycles. The van der Waals surface area contributed by atoms with Gasteiger partial charge in [0.05, 0.1) is 10.9 Å². The number of alkyl halides is 3. The molecule has 1 fully saturated rings. The summed E-state index contributed by atoms with van der Waals surface area (Å²) in [7, 11) is 0. The molecule has 1 aliphatic rings. The number of carbonyl (C=O) groups excluding carboxylic acids is 1. The summed E-state index contributed by atoms with van der Waals surface area (Å²) in [5.41, 5.74) is 0.0836. The van der Waals surface area contributed by atoms with Gasteiger partial charge in [-0.05, 0) is 31.0 Å². The number of carbonyl (C=O) groups is 1. The van der Waals surface area contributed by atoms with Gasteiger partial charge in [0.25, 0.3) is 0 Å². The lowest BCUT2D eigenvalue weighted by Crippen LogP contribution is -2.37. The average Bonchev–Trinajstić information content (AvgIpc) is 2.40. The average molecular weight is 325 g/mol. The molecule has 1 saturated carbocycles. The summed E-state index contributed by atoms with van der Waals surface area (Å²) in [4.78, 5) is 12.4. The molecule has 2 atom stereocenters. The van der Waals surface area contributed by atoms with E-state index in [-0.39, 0.29) is 28.5 Å². The van der Waals surface area contributed by atoms with Crippen molar-refractivity contribution in [3.63, 3.8) is 0 Å². The van der Waals surface area contributed by atoms with Gasteiger partial charge in [0.15, 0.2) is 5.78 Å². The molecule has 0 bridgehead atoms. The molecule has 0 saturated heterocycles. The molecule has 1 nitrogen and oxygen atoms in total. The topological polar surface area (TPSA) is 17.1 Å². The normalized spacial score (nSPS) is 23.6. The smallest absolute Gasteiger partial charge is 0.294 e. The van der Waals surface area contributed by atoms with E-state index in [0.29, 0.717) is 12.8 Å². The third kappa shape index (κ3) is 3.29. The van der Waals surface area contributed by atoms with Crippen LogP contribution in [0, 0.1) is 11.8 Å². The van der Waals surface area contributed by atoms with Crippen molar-refractivity contribution in [2.24, 2.45) is 11.8 Å². The lowest BCUT2D eigenvalue weighted by Gasteiger charge is -2.32. The minimum Gasteiger partial charge on any atom is -0.294 e. The van der Waals surface area contributed by atoms with Gasteiger partial charge in [-0.2, -0.15) is 13.2 Å². The van der Waals surface area contributed by atoms with Gasteiger partial charge in [-0.25, -0.2) is 0 Å². The molecule has 0 heterocycles. The maximum absolute atomic E-state index is 13.0. The highest BCUT2D eigenvalue weighted by Crippen LogP contribution is 2.43. The van der Waals surface area contributed by atoms with Crippen molar-refractivity contribution in [1.82, 2.24) is 0 Å². The van der Waals surface area contributed by atoms with Crippen LogP contribution >= 0.6 is 23.2 Å². The number of ketones is 1. The van der Waals surface area contributed by atoms with Crippen LogP contribution in [0.2, 0.25) is 10.0 Å². The molecule has 20 heavy (non-hydrogen) atoms. The Morgan fingerprint density at radius 2 is 1.80 bits per heavy atom. The number of halogens is 5. The first-order valence-corrected chi connectivity index (χ1v) is 7.12. The molecule has 2 unspecified atom stereocenters. The van der Waals surface area contributed by atoms with E-state index < -0.39 is 23.8 Å². The largest absolute Gasteiger partial charge is 0.392 e. The quantitative estimate of drug-likeness (QED) is 0.652. The highest BCUT2D eigenvalue weighted by Gasteiger charge is 2.48. The highest BCUT2D eigenvalue weighted by molar-refractivity contribution is 6.36. The number of benzene rings is 1. The van der Waals surface area contributed by atoms with Crippen LogP contribution < -0.4 is 0 Å². The molecule has 0 aliphatic heterocycles. The van der Waals surface area contributed by atoms with Crippen LogP contribution in [-0.2, 0) is 0 Å².